The zero-order valence-electron chi connectivity index (χ0n) is 15.5. The number of furan rings is 1. The smallest absolute Gasteiger partial charge is 0.348 e. The second kappa shape index (κ2) is 6.59. The molecule has 8 heteroatoms. The molecule has 0 amide bonds. The maximum Gasteiger partial charge on any atom is 0.348 e. The summed E-state index contributed by atoms with van der Waals surface area (Å²) >= 11 is 0. The Hall–Kier alpha value is -3.39. The first kappa shape index (κ1) is 17.7. The van der Waals surface area contributed by atoms with Crippen molar-refractivity contribution < 1.29 is 18.9 Å². The molecule has 148 valence electrons. The fraction of sp³-hybridized carbons (Fsp3) is 0.286. The number of piperidine rings is 1. The number of hydrogen-bond acceptors (Lipinski definition) is 7. The molecule has 29 heavy (non-hydrogen) atoms. The minimum absolute atomic E-state index is 0.195. The quantitative estimate of drug-likeness (QED) is 0.313. The lowest BCUT2D eigenvalue weighted by Gasteiger charge is -2.26. The van der Waals surface area contributed by atoms with Crippen LogP contribution in [0.1, 0.15) is 24.8 Å². The fourth-order valence-electron chi connectivity index (χ4n) is 4.23. The van der Waals surface area contributed by atoms with Gasteiger partial charge in [0.25, 0.3) is 0 Å². The van der Waals surface area contributed by atoms with E-state index >= 15 is 0 Å². The van der Waals surface area contributed by atoms with Crippen LogP contribution < -0.4 is 5.63 Å². The van der Waals surface area contributed by atoms with Crippen molar-refractivity contribution in [3.63, 3.8) is 0 Å². The molecular formula is C21H18N2O6. The third-order valence-corrected chi connectivity index (χ3v) is 5.60. The summed E-state index contributed by atoms with van der Waals surface area (Å²) in [5.74, 6) is -0.427. The van der Waals surface area contributed by atoms with Gasteiger partial charge in [-0.1, -0.05) is 18.6 Å². The molecule has 0 unspecified atom stereocenters. The maximum atomic E-state index is 12.8. The van der Waals surface area contributed by atoms with Crippen molar-refractivity contribution in [3.05, 3.63) is 56.4 Å². The number of phenolic OH excluding ortho intramolecular Hbond substituents is 1. The molecule has 0 bridgehead atoms. The molecule has 0 atom stereocenters. The van der Waals surface area contributed by atoms with Gasteiger partial charge in [0.1, 0.15) is 16.6 Å². The van der Waals surface area contributed by atoms with Crippen LogP contribution in [0.4, 0.5) is 5.69 Å². The van der Waals surface area contributed by atoms with Crippen molar-refractivity contribution in [1.82, 2.24) is 4.90 Å². The summed E-state index contributed by atoms with van der Waals surface area (Å²) in [5, 5.41) is 23.4. The van der Waals surface area contributed by atoms with Crippen LogP contribution in [0, 0.1) is 10.1 Å². The van der Waals surface area contributed by atoms with Crippen LogP contribution in [0.2, 0.25) is 0 Å². The number of rotatable bonds is 3. The van der Waals surface area contributed by atoms with Crippen molar-refractivity contribution in [1.29, 1.82) is 0 Å². The molecular weight excluding hydrogens is 376 g/mol. The average Bonchev–Trinajstić information content (AvgIpc) is 3.11. The summed E-state index contributed by atoms with van der Waals surface area (Å²) in [6.45, 7) is 1.96. The standard InChI is InChI=1S/C21H18N2O6/c24-19-13(11-22-8-4-1-5-9-22)17-16(10-14(19)23(26)27)28-20-12-6-2-3-7-15(12)29-21(25)18(17)20/h2-3,6-7,10,24H,1,4-5,8-9,11H2. The number of hydrogen-bond donors (Lipinski definition) is 1. The van der Waals surface area contributed by atoms with E-state index in [1.54, 1.807) is 24.3 Å². The monoisotopic (exact) mass is 394 g/mol. The highest BCUT2D eigenvalue weighted by molar-refractivity contribution is 6.14. The molecule has 1 aliphatic heterocycles. The minimum Gasteiger partial charge on any atom is -0.502 e. The van der Waals surface area contributed by atoms with E-state index in [0.29, 0.717) is 34.0 Å². The van der Waals surface area contributed by atoms with Gasteiger partial charge in [0.05, 0.1) is 16.4 Å². The van der Waals surface area contributed by atoms with Crippen LogP contribution in [-0.4, -0.2) is 28.0 Å². The van der Waals surface area contributed by atoms with Gasteiger partial charge >= 0.3 is 11.3 Å². The lowest BCUT2D eigenvalue weighted by Crippen LogP contribution is -2.29. The maximum absolute atomic E-state index is 12.8. The zero-order valence-corrected chi connectivity index (χ0v) is 15.5. The van der Waals surface area contributed by atoms with Crippen molar-refractivity contribution in [2.75, 3.05) is 13.1 Å². The molecule has 4 aromatic rings. The Morgan fingerprint density at radius 3 is 2.59 bits per heavy atom. The number of aromatic hydroxyl groups is 1. The molecule has 0 aliphatic carbocycles. The zero-order chi connectivity index (χ0) is 20.1. The summed E-state index contributed by atoms with van der Waals surface area (Å²) in [4.78, 5) is 25.8. The van der Waals surface area contributed by atoms with Gasteiger partial charge < -0.3 is 13.9 Å². The van der Waals surface area contributed by atoms with Crippen LogP contribution in [0.15, 0.2) is 44.0 Å². The molecule has 0 radical (unpaired) electrons. The van der Waals surface area contributed by atoms with Gasteiger partial charge in [0.2, 0.25) is 0 Å². The van der Waals surface area contributed by atoms with E-state index in [0.717, 1.165) is 32.4 Å². The van der Waals surface area contributed by atoms with E-state index < -0.39 is 22.0 Å². The lowest BCUT2D eigenvalue weighted by molar-refractivity contribution is -0.385. The summed E-state index contributed by atoms with van der Waals surface area (Å²) in [6, 6.07) is 8.15. The summed E-state index contributed by atoms with van der Waals surface area (Å²) in [5.41, 5.74) is 0.187. The highest BCUT2D eigenvalue weighted by Crippen LogP contribution is 2.42. The molecule has 1 fully saturated rings. The van der Waals surface area contributed by atoms with E-state index in [2.05, 4.69) is 4.90 Å². The average molecular weight is 394 g/mol. The summed E-state index contributed by atoms with van der Waals surface area (Å²) in [7, 11) is 0. The first-order chi connectivity index (χ1) is 14.0. The molecule has 1 saturated heterocycles. The number of benzene rings is 2. The van der Waals surface area contributed by atoms with E-state index in [9.17, 15) is 20.0 Å². The Morgan fingerprint density at radius 2 is 1.83 bits per heavy atom. The number of nitrogens with zero attached hydrogens (tertiary/aromatic N) is 2. The van der Waals surface area contributed by atoms with Crippen LogP contribution in [0.25, 0.3) is 32.9 Å². The molecule has 0 saturated carbocycles. The van der Waals surface area contributed by atoms with Gasteiger partial charge in [-0.2, -0.15) is 0 Å². The van der Waals surface area contributed by atoms with Gasteiger partial charge in [-0.3, -0.25) is 15.0 Å². The second-order valence-corrected chi connectivity index (χ2v) is 7.38. The summed E-state index contributed by atoms with van der Waals surface area (Å²) in [6.07, 6.45) is 3.19. The Balaban J connectivity index is 1.87. The van der Waals surface area contributed by atoms with Crippen LogP contribution in [-0.2, 0) is 6.54 Å². The largest absolute Gasteiger partial charge is 0.502 e. The third-order valence-electron chi connectivity index (χ3n) is 5.60. The molecule has 2 aromatic heterocycles. The van der Waals surface area contributed by atoms with Crippen LogP contribution in [0.5, 0.6) is 5.75 Å². The predicted octanol–water partition coefficient (Wildman–Crippen LogP) is 4.29. The Labute approximate surface area is 164 Å². The van der Waals surface area contributed by atoms with E-state index in [1.165, 1.54) is 6.07 Å². The van der Waals surface area contributed by atoms with Gasteiger partial charge in [-0.25, -0.2) is 4.79 Å². The molecule has 3 heterocycles. The van der Waals surface area contributed by atoms with E-state index in [4.69, 9.17) is 8.83 Å². The van der Waals surface area contributed by atoms with Crippen LogP contribution in [0.3, 0.4) is 0 Å². The first-order valence-corrected chi connectivity index (χ1v) is 9.54. The number of likely N-dealkylation sites (tertiary alicyclic amines) is 1. The highest BCUT2D eigenvalue weighted by Gasteiger charge is 2.28. The number of phenols is 1. The van der Waals surface area contributed by atoms with Gasteiger partial charge in [0, 0.05) is 17.5 Å². The Morgan fingerprint density at radius 1 is 1.07 bits per heavy atom. The Bertz CT molecular complexity index is 1330. The van der Waals surface area contributed by atoms with E-state index in [1.807, 2.05) is 0 Å². The SMILES string of the molecule is O=c1oc2ccccc2c2oc3cc([N+](=O)[O-])c(O)c(CN4CCCCC4)c3c12. The third kappa shape index (κ3) is 2.75. The normalized spacial score (nSPS) is 15.4. The van der Waals surface area contributed by atoms with Crippen LogP contribution >= 0.6 is 0 Å². The molecule has 8 nitrogen and oxygen atoms in total. The molecule has 5 rings (SSSR count). The molecule has 0 spiro atoms. The molecule has 1 aliphatic rings. The van der Waals surface area contributed by atoms with Gasteiger partial charge in [0.15, 0.2) is 11.3 Å². The number of nitro benzene ring substituents is 1. The first-order valence-electron chi connectivity index (χ1n) is 9.54. The fourth-order valence-corrected chi connectivity index (χ4v) is 4.23. The van der Waals surface area contributed by atoms with Crippen molar-refractivity contribution in [2.45, 2.75) is 25.8 Å². The Kier molecular flexibility index (Phi) is 4.02. The number of para-hydroxylation sites is 1. The molecule has 1 N–H and O–H groups in total. The van der Waals surface area contributed by atoms with Gasteiger partial charge in [-0.05, 0) is 38.1 Å². The van der Waals surface area contributed by atoms with Gasteiger partial charge in [-0.15, -0.1) is 0 Å². The number of nitro groups is 1. The topological polar surface area (TPSA) is 110 Å². The second-order valence-electron chi connectivity index (χ2n) is 7.38. The minimum atomic E-state index is -0.637. The van der Waals surface area contributed by atoms with Crippen molar-refractivity contribution >= 4 is 38.6 Å². The lowest BCUT2D eigenvalue weighted by atomic mass is 10.0. The van der Waals surface area contributed by atoms with E-state index in [-0.39, 0.29) is 11.0 Å². The van der Waals surface area contributed by atoms with Crippen molar-refractivity contribution in [2.24, 2.45) is 0 Å². The highest BCUT2D eigenvalue weighted by atomic mass is 16.6. The molecule has 2 aromatic carbocycles. The van der Waals surface area contributed by atoms with Crippen molar-refractivity contribution in [3.8, 4) is 5.75 Å². The number of fused-ring (bicyclic) bond motifs is 5. The predicted molar refractivity (Wildman–Crippen MR) is 107 cm³/mol. The summed E-state index contributed by atoms with van der Waals surface area (Å²) < 4.78 is 11.4.